The molecule has 4 heteroatoms. The summed E-state index contributed by atoms with van der Waals surface area (Å²) in [4.78, 5) is 0. The Balaban J connectivity index is 2.42. The molecule has 0 aromatic heterocycles. The summed E-state index contributed by atoms with van der Waals surface area (Å²) in [6, 6.07) is 0. The Morgan fingerprint density at radius 2 is 1.00 bits per heavy atom. The average Bonchev–Trinajstić information content (AvgIpc) is 1.20. The van der Waals surface area contributed by atoms with E-state index < -0.39 is 27.9 Å². The monoisotopic (exact) mass is 240 g/mol. The first kappa shape index (κ1) is 7.12. The van der Waals surface area contributed by atoms with Crippen LogP contribution in [0.5, 0.6) is 0 Å². The van der Waals surface area contributed by atoms with E-state index in [0.29, 0.717) is 0 Å². The molecular weight excluding hydrogens is 225 g/mol. The Bertz CT molecular complexity index is 88.6. The molecular formula is C4H12Ge2O2. The quantitative estimate of drug-likeness (QED) is 0.594. The summed E-state index contributed by atoms with van der Waals surface area (Å²) in [6.07, 6.45) is 0. The molecule has 0 aromatic rings. The van der Waals surface area contributed by atoms with E-state index in [9.17, 15) is 0 Å². The molecule has 0 amide bonds. The molecule has 0 radical (unpaired) electrons. The van der Waals surface area contributed by atoms with Gasteiger partial charge in [-0.2, -0.15) is 0 Å². The summed E-state index contributed by atoms with van der Waals surface area (Å²) in [6.45, 7) is 0. The molecule has 8 heavy (non-hydrogen) atoms. The Morgan fingerprint density at radius 1 is 0.750 bits per heavy atom. The van der Waals surface area contributed by atoms with Crippen molar-refractivity contribution >= 4 is 27.9 Å². The molecule has 1 saturated heterocycles. The second-order valence-electron chi connectivity index (χ2n) is 3.00. The van der Waals surface area contributed by atoms with Gasteiger partial charge < -0.3 is 0 Å². The molecule has 48 valence electrons. The van der Waals surface area contributed by atoms with Gasteiger partial charge in [0.2, 0.25) is 0 Å². The van der Waals surface area contributed by atoms with E-state index in [1.807, 2.05) is 0 Å². The van der Waals surface area contributed by atoms with Gasteiger partial charge in [-0.3, -0.25) is 0 Å². The van der Waals surface area contributed by atoms with Gasteiger partial charge in [0.25, 0.3) is 0 Å². The van der Waals surface area contributed by atoms with E-state index in [0.717, 1.165) is 0 Å². The zero-order valence-corrected chi connectivity index (χ0v) is 10.0. The van der Waals surface area contributed by atoms with Crippen LogP contribution < -0.4 is 0 Å². The van der Waals surface area contributed by atoms with E-state index in [-0.39, 0.29) is 0 Å². The van der Waals surface area contributed by atoms with Crippen molar-refractivity contribution in [2.24, 2.45) is 0 Å². The van der Waals surface area contributed by atoms with Crippen molar-refractivity contribution in [3.05, 3.63) is 0 Å². The molecule has 0 N–H and O–H groups in total. The van der Waals surface area contributed by atoms with Gasteiger partial charge in [0.05, 0.1) is 0 Å². The maximum absolute atomic E-state index is 5.67. The first-order valence-electron chi connectivity index (χ1n) is 2.82. The Labute approximate surface area is 56.6 Å². The topological polar surface area (TPSA) is 18.5 Å². The molecule has 1 aliphatic rings. The third-order valence-electron chi connectivity index (χ3n) is 0.983. The average molecular weight is 237 g/mol. The van der Waals surface area contributed by atoms with Crippen molar-refractivity contribution in [3.8, 4) is 0 Å². The number of hydrogen-bond donors (Lipinski definition) is 0. The normalized spacial score (nSPS) is 31.5. The minimum absolute atomic E-state index is 1.94. The van der Waals surface area contributed by atoms with Crippen LogP contribution in [0.2, 0.25) is 23.0 Å². The van der Waals surface area contributed by atoms with Crippen molar-refractivity contribution in [1.29, 1.82) is 0 Å². The van der Waals surface area contributed by atoms with Crippen LogP contribution in [0, 0.1) is 0 Å². The van der Waals surface area contributed by atoms with Crippen molar-refractivity contribution < 1.29 is 5.58 Å². The van der Waals surface area contributed by atoms with Gasteiger partial charge in [-0.15, -0.1) is 0 Å². The van der Waals surface area contributed by atoms with Crippen LogP contribution in [-0.2, 0) is 5.58 Å². The second-order valence-corrected chi connectivity index (χ2v) is 20.1. The summed E-state index contributed by atoms with van der Waals surface area (Å²) in [5.74, 6) is 8.54. The van der Waals surface area contributed by atoms with Crippen molar-refractivity contribution in [2.45, 2.75) is 23.0 Å². The van der Waals surface area contributed by atoms with Crippen molar-refractivity contribution in [3.63, 3.8) is 0 Å². The predicted octanol–water partition coefficient (Wildman–Crippen LogP) is 1.44. The van der Waals surface area contributed by atoms with Crippen LogP contribution in [0.15, 0.2) is 0 Å². The van der Waals surface area contributed by atoms with E-state index in [1.54, 1.807) is 0 Å². The Hall–Kier alpha value is 1.01. The third-order valence-corrected chi connectivity index (χ3v) is 26.5. The molecule has 0 unspecified atom stereocenters. The van der Waals surface area contributed by atoms with Crippen molar-refractivity contribution in [2.75, 3.05) is 0 Å². The van der Waals surface area contributed by atoms with Gasteiger partial charge in [0.15, 0.2) is 0 Å². The first-order chi connectivity index (χ1) is 3.41. The predicted molar refractivity (Wildman–Crippen MR) is 37.1 cm³/mol. The van der Waals surface area contributed by atoms with E-state index in [4.69, 9.17) is 5.58 Å². The van der Waals surface area contributed by atoms with E-state index in [2.05, 4.69) is 23.0 Å². The Kier molecular flexibility index (Phi) is 1.55. The fourth-order valence-corrected chi connectivity index (χ4v) is 32.2. The van der Waals surface area contributed by atoms with Gasteiger partial charge in [0, 0.05) is 0 Å². The number of rotatable bonds is 0. The van der Waals surface area contributed by atoms with Gasteiger partial charge in [-0.25, -0.2) is 0 Å². The second kappa shape index (κ2) is 1.74. The molecule has 1 fully saturated rings. The fourth-order valence-electron chi connectivity index (χ4n) is 1.19. The molecule has 0 atom stereocenters. The van der Waals surface area contributed by atoms with Crippen molar-refractivity contribution in [1.82, 2.24) is 0 Å². The molecule has 1 heterocycles. The molecule has 1 rings (SSSR count). The van der Waals surface area contributed by atoms with Gasteiger partial charge in [-0.1, -0.05) is 0 Å². The fraction of sp³-hybridized carbons (Fsp3) is 1.00. The molecule has 2 nitrogen and oxygen atoms in total. The van der Waals surface area contributed by atoms with Crippen LogP contribution in [-0.4, -0.2) is 27.9 Å². The van der Waals surface area contributed by atoms with Crippen LogP contribution in [0.3, 0.4) is 0 Å². The van der Waals surface area contributed by atoms with Gasteiger partial charge in [0.1, 0.15) is 0 Å². The van der Waals surface area contributed by atoms with Gasteiger partial charge >= 0.3 is 56.5 Å². The van der Waals surface area contributed by atoms with E-state index >= 15 is 0 Å². The minimum atomic E-state index is -1.94. The third kappa shape index (κ3) is 1.49. The number of hydrogen-bond acceptors (Lipinski definition) is 2. The zero-order valence-electron chi connectivity index (χ0n) is 5.82. The standard InChI is InChI=1S/C4H12Ge2O2/c1-5(2)7-6(3,4)8-5/h1-4H3. The SMILES string of the molecule is [CH3][Ge]1([CH3])[O][Ge]([CH3])([CH3])[O]1. The maximum atomic E-state index is 5.67. The van der Waals surface area contributed by atoms with Crippen LogP contribution in [0.4, 0.5) is 0 Å². The Morgan fingerprint density at radius 3 is 1.00 bits per heavy atom. The van der Waals surface area contributed by atoms with E-state index in [1.165, 1.54) is 0 Å². The van der Waals surface area contributed by atoms with Crippen LogP contribution >= 0.6 is 0 Å². The summed E-state index contributed by atoms with van der Waals surface area (Å²) < 4.78 is 11.3. The molecule has 0 aromatic carbocycles. The summed E-state index contributed by atoms with van der Waals surface area (Å²) in [5.41, 5.74) is 0. The molecule has 0 saturated carbocycles. The molecule has 0 aliphatic carbocycles. The van der Waals surface area contributed by atoms with Crippen LogP contribution in [0.1, 0.15) is 0 Å². The van der Waals surface area contributed by atoms with Crippen LogP contribution in [0.25, 0.3) is 0 Å². The first-order valence-corrected chi connectivity index (χ1v) is 14.6. The van der Waals surface area contributed by atoms with Gasteiger partial charge in [-0.05, 0) is 0 Å². The summed E-state index contributed by atoms with van der Waals surface area (Å²) >= 11 is -3.88. The summed E-state index contributed by atoms with van der Waals surface area (Å²) in [7, 11) is 0. The summed E-state index contributed by atoms with van der Waals surface area (Å²) in [5, 5.41) is 0. The molecule has 1 aliphatic heterocycles. The zero-order chi connectivity index (χ0) is 6.41. The molecule has 0 bridgehead atoms. The molecule has 0 spiro atoms.